The van der Waals surface area contributed by atoms with Crippen molar-refractivity contribution in [2.45, 2.75) is 0 Å². The van der Waals surface area contributed by atoms with E-state index in [1.165, 1.54) is 37.4 Å². The molecule has 3 N–H and O–H groups in total. The highest BCUT2D eigenvalue weighted by molar-refractivity contribution is 6.30. The molecule has 12 heteroatoms. The fourth-order valence-corrected chi connectivity index (χ4v) is 2.68. The van der Waals surface area contributed by atoms with E-state index in [4.69, 9.17) is 16.3 Å². The van der Waals surface area contributed by atoms with Crippen LogP contribution in [0.5, 0.6) is 5.75 Å². The highest BCUT2D eigenvalue weighted by Crippen LogP contribution is 2.29. The van der Waals surface area contributed by atoms with Crippen molar-refractivity contribution < 1.29 is 23.6 Å². The van der Waals surface area contributed by atoms with Crippen LogP contribution in [-0.4, -0.2) is 34.0 Å². The molecule has 1 heterocycles. The van der Waals surface area contributed by atoms with Gasteiger partial charge in [-0.25, -0.2) is 4.39 Å². The number of nitrogens with zero attached hydrogens (tertiary/aromatic N) is 2. The molecule has 0 fully saturated rings. The van der Waals surface area contributed by atoms with Gasteiger partial charge < -0.3 is 15.4 Å². The summed E-state index contributed by atoms with van der Waals surface area (Å²) >= 11 is 5.69. The molecular formula is C18H13ClFN5O5. The van der Waals surface area contributed by atoms with Crippen LogP contribution in [0, 0.1) is 15.9 Å². The Kier molecular flexibility index (Phi) is 5.93. The molecule has 10 nitrogen and oxygen atoms in total. The first kappa shape index (κ1) is 20.7. The maximum Gasteiger partial charge on any atom is 0.319 e. The third-order valence-corrected chi connectivity index (χ3v) is 4.16. The number of hydrogen-bond donors (Lipinski definition) is 3. The van der Waals surface area contributed by atoms with Gasteiger partial charge in [-0.1, -0.05) is 11.6 Å². The predicted octanol–water partition coefficient (Wildman–Crippen LogP) is 3.62. The van der Waals surface area contributed by atoms with E-state index in [2.05, 4.69) is 20.8 Å². The number of halogens is 2. The molecule has 0 spiro atoms. The average molecular weight is 434 g/mol. The van der Waals surface area contributed by atoms with E-state index in [-0.39, 0.29) is 33.4 Å². The summed E-state index contributed by atoms with van der Waals surface area (Å²) in [4.78, 5) is 34.9. The zero-order valence-corrected chi connectivity index (χ0v) is 16.0. The molecule has 30 heavy (non-hydrogen) atoms. The second-order valence-corrected chi connectivity index (χ2v) is 6.27. The van der Waals surface area contributed by atoms with Gasteiger partial charge in [0.1, 0.15) is 17.8 Å². The van der Waals surface area contributed by atoms with Crippen LogP contribution in [0.2, 0.25) is 5.02 Å². The second-order valence-electron chi connectivity index (χ2n) is 5.83. The van der Waals surface area contributed by atoms with Crippen molar-refractivity contribution in [1.29, 1.82) is 0 Å². The molecule has 0 aliphatic carbocycles. The van der Waals surface area contributed by atoms with Crippen LogP contribution in [0.25, 0.3) is 0 Å². The molecule has 0 bridgehead atoms. The lowest BCUT2D eigenvalue weighted by molar-refractivity contribution is -0.385. The van der Waals surface area contributed by atoms with Gasteiger partial charge in [0, 0.05) is 10.7 Å². The number of hydrogen-bond acceptors (Lipinski definition) is 6. The molecule has 3 rings (SSSR count). The van der Waals surface area contributed by atoms with Gasteiger partial charge in [0.15, 0.2) is 0 Å². The van der Waals surface area contributed by atoms with Crippen LogP contribution >= 0.6 is 11.6 Å². The summed E-state index contributed by atoms with van der Waals surface area (Å²) in [6.07, 6.45) is 0.912. The minimum absolute atomic E-state index is 0.133. The van der Waals surface area contributed by atoms with Gasteiger partial charge in [-0.3, -0.25) is 24.8 Å². The van der Waals surface area contributed by atoms with E-state index in [0.29, 0.717) is 0 Å². The lowest BCUT2D eigenvalue weighted by Crippen LogP contribution is -2.16. The van der Waals surface area contributed by atoms with Gasteiger partial charge in [-0.15, -0.1) is 0 Å². The molecular weight excluding hydrogens is 421 g/mol. The SMILES string of the molecule is COc1ccc(NC(=O)c2[nH]ncc2[N+](=O)[O-])cc1NC(=O)c1ccc(Cl)cc1F. The number of aromatic amines is 1. The van der Waals surface area contributed by atoms with Crippen molar-refractivity contribution >= 4 is 40.5 Å². The minimum atomic E-state index is -0.814. The van der Waals surface area contributed by atoms with Crippen LogP contribution in [0.3, 0.4) is 0 Å². The van der Waals surface area contributed by atoms with Crippen LogP contribution in [0.4, 0.5) is 21.5 Å². The normalized spacial score (nSPS) is 10.4. The fourth-order valence-electron chi connectivity index (χ4n) is 2.53. The molecule has 2 amide bonds. The zero-order valence-electron chi connectivity index (χ0n) is 15.2. The van der Waals surface area contributed by atoms with E-state index in [0.717, 1.165) is 12.3 Å². The number of nitrogens with one attached hydrogen (secondary N) is 3. The Morgan fingerprint density at radius 2 is 1.97 bits per heavy atom. The number of benzene rings is 2. The van der Waals surface area contributed by atoms with Crippen molar-refractivity contribution in [1.82, 2.24) is 10.2 Å². The number of anilines is 2. The highest BCUT2D eigenvalue weighted by Gasteiger charge is 2.23. The van der Waals surface area contributed by atoms with Crippen molar-refractivity contribution in [2.24, 2.45) is 0 Å². The Morgan fingerprint density at radius 1 is 1.20 bits per heavy atom. The van der Waals surface area contributed by atoms with Crippen molar-refractivity contribution in [3.8, 4) is 5.75 Å². The largest absolute Gasteiger partial charge is 0.495 e. The number of nitro groups is 1. The number of amides is 2. The summed E-state index contributed by atoms with van der Waals surface area (Å²) in [6, 6.07) is 7.85. The number of carbonyl (C=O) groups excluding carboxylic acids is 2. The molecule has 0 saturated carbocycles. The van der Waals surface area contributed by atoms with Gasteiger partial charge in [-0.2, -0.15) is 5.10 Å². The van der Waals surface area contributed by atoms with E-state index in [1.807, 2.05) is 0 Å². The zero-order chi connectivity index (χ0) is 21.8. The number of rotatable bonds is 6. The van der Waals surface area contributed by atoms with Gasteiger partial charge in [0.2, 0.25) is 5.69 Å². The molecule has 154 valence electrons. The average Bonchev–Trinajstić information content (AvgIpc) is 3.18. The first-order chi connectivity index (χ1) is 14.3. The smallest absolute Gasteiger partial charge is 0.319 e. The summed E-state index contributed by atoms with van der Waals surface area (Å²) in [5, 5.41) is 21.8. The summed E-state index contributed by atoms with van der Waals surface area (Å²) in [6.45, 7) is 0. The standard InChI is InChI=1S/C18H13ClFN5O5/c1-30-15-5-3-10(22-18(27)16-14(25(28)29)8-21-24-16)7-13(15)23-17(26)11-4-2-9(19)6-12(11)20/h2-8H,1H3,(H,21,24)(H,22,27)(H,23,26). The topological polar surface area (TPSA) is 139 Å². The highest BCUT2D eigenvalue weighted by atomic mass is 35.5. The third kappa shape index (κ3) is 4.36. The summed E-state index contributed by atoms with van der Waals surface area (Å²) in [5.74, 6) is -2.15. The Balaban J connectivity index is 1.84. The third-order valence-electron chi connectivity index (χ3n) is 3.92. The lowest BCUT2D eigenvalue weighted by atomic mass is 10.2. The van der Waals surface area contributed by atoms with Gasteiger partial charge in [-0.05, 0) is 36.4 Å². The van der Waals surface area contributed by atoms with Crippen molar-refractivity contribution in [3.05, 3.63) is 74.8 Å². The minimum Gasteiger partial charge on any atom is -0.495 e. The Hall–Kier alpha value is -3.99. The Bertz CT molecular complexity index is 1150. The van der Waals surface area contributed by atoms with Crippen LogP contribution in [0.15, 0.2) is 42.6 Å². The predicted molar refractivity (Wildman–Crippen MR) is 106 cm³/mol. The molecule has 2 aromatic carbocycles. The van der Waals surface area contributed by atoms with Gasteiger partial charge in [0.25, 0.3) is 11.8 Å². The second kappa shape index (κ2) is 8.57. The summed E-state index contributed by atoms with van der Waals surface area (Å²) < 4.78 is 19.2. The summed E-state index contributed by atoms with van der Waals surface area (Å²) in [5.41, 5.74) is -0.758. The number of methoxy groups -OCH3 is 1. The quantitative estimate of drug-likeness (QED) is 0.400. The number of H-pyrrole nitrogens is 1. The monoisotopic (exact) mass is 433 g/mol. The maximum atomic E-state index is 14.0. The molecule has 0 unspecified atom stereocenters. The van der Waals surface area contributed by atoms with Crippen molar-refractivity contribution in [3.63, 3.8) is 0 Å². The number of carbonyl (C=O) groups is 2. The molecule has 1 aromatic heterocycles. The van der Waals surface area contributed by atoms with E-state index < -0.39 is 28.2 Å². The van der Waals surface area contributed by atoms with Crippen LogP contribution in [0.1, 0.15) is 20.8 Å². The molecule has 0 aliphatic rings. The van der Waals surface area contributed by atoms with E-state index >= 15 is 0 Å². The van der Waals surface area contributed by atoms with Gasteiger partial charge in [0.05, 0.1) is 23.3 Å². The first-order valence-electron chi connectivity index (χ1n) is 8.23. The van der Waals surface area contributed by atoms with Gasteiger partial charge >= 0.3 is 5.69 Å². The first-order valence-corrected chi connectivity index (χ1v) is 8.61. The molecule has 3 aromatic rings. The molecule has 0 atom stereocenters. The van der Waals surface area contributed by atoms with E-state index in [9.17, 15) is 24.1 Å². The number of ether oxygens (including phenoxy) is 1. The molecule has 0 radical (unpaired) electrons. The molecule has 0 saturated heterocycles. The fraction of sp³-hybridized carbons (Fsp3) is 0.0556. The van der Waals surface area contributed by atoms with Crippen LogP contribution in [-0.2, 0) is 0 Å². The Labute approximate surface area is 173 Å². The lowest BCUT2D eigenvalue weighted by Gasteiger charge is -2.13. The molecule has 0 aliphatic heterocycles. The van der Waals surface area contributed by atoms with E-state index in [1.54, 1.807) is 0 Å². The number of aromatic nitrogens is 2. The maximum absolute atomic E-state index is 14.0. The summed E-state index contributed by atoms with van der Waals surface area (Å²) in [7, 11) is 1.36. The Morgan fingerprint density at radius 3 is 2.63 bits per heavy atom. The van der Waals surface area contributed by atoms with Crippen LogP contribution < -0.4 is 15.4 Å². The van der Waals surface area contributed by atoms with Crippen molar-refractivity contribution in [2.75, 3.05) is 17.7 Å².